The van der Waals surface area contributed by atoms with Crippen LogP contribution in [0.15, 0.2) is 24.3 Å². The molecule has 3 aliphatic rings. The van der Waals surface area contributed by atoms with Crippen LogP contribution in [0.4, 0.5) is 0 Å². The molecule has 2 N–H and O–H groups in total. The van der Waals surface area contributed by atoms with E-state index in [2.05, 4.69) is 5.32 Å². The highest BCUT2D eigenvalue weighted by atomic mass is 32.2. The molecular formula is C19H21N3O5S. The van der Waals surface area contributed by atoms with Crippen molar-refractivity contribution in [3.05, 3.63) is 35.4 Å². The van der Waals surface area contributed by atoms with Gasteiger partial charge in [-0.25, -0.2) is 4.79 Å². The van der Waals surface area contributed by atoms with Crippen LogP contribution in [0.2, 0.25) is 0 Å². The smallest absolute Gasteiger partial charge is 0.326 e. The Bertz CT molecular complexity index is 860. The van der Waals surface area contributed by atoms with E-state index in [0.29, 0.717) is 30.7 Å². The van der Waals surface area contributed by atoms with Crippen LogP contribution in [0.25, 0.3) is 0 Å². The first-order valence-corrected chi connectivity index (χ1v) is 10.3. The van der Waals surface area contributed by atoms with E-state index in [1.54, 1.807) is 24.0 Å². The first-order chi connectivity index (χ1) is 13.4. The van der Waals surface area contributed by atoms with Crippen LogP contribution in [0, 0.1) is 0 Å². The maximum atomic E-state index is 12.8. The van der Waals surface area contributed by atoms with E-state index in [-0.39, 0.29) is 17.2 Å². The first kappa shape index (κ1) is 18.8. The molecule has 9 heteroatoms. The van der Waals surface area contributed by atoms with Crippen LogP contribution < -0.4 is 5.32 Å². The number of benzene rings is 1. The quantitative estimate of drug-likeness (QED) is 0.771. The number of nitrogens with zero attached hydrogens (tertiary/aromatic N) is 2. The van der Waals surface area contributed by atoms with E-state index < -0.39 is 30.0 Å². The number of hydrogen-bond acceptors (Lipinski definition) is 5. The molecule has 3 heterocycles. The lowest BCUT2D eigenvalue weighted by Gasteiger charge is -2.27. The van der Waals surface area contributed by atoms with Crippen LogP contribution >= 0.6 is 11.8 Å². The molecule has 0 aromatic heterocycles. The molecule has 4 atom stereocenters. The van der Waals surface area contributed by atoms with Crippen molar-refractivity contribution in [1.82, 2.24) is 15.1 Å². The fourth-order valence-corrected chi connectivity index (χ4v) is 5.61. The van der Waals surface area contributed by atoms with E-state index in [1.165, 1.54) is 16.7 Å². The Kier molecular flexibility index (Phi) is 4.78. The van der Waals surface area contributed by atoms with Crippen molar-refractivity contribution in [2.45, 2.75) is 43.3 Å². The molecule has 1 aromatic carbocycles. The predicted octanol–water partition coefficient (Wildman–Crippen LogP) is 0.837. The van der Waals surface area contributed by atoms with Crippen molar-refractivity contribution in [2.75, 3.05) is 12.3 Å². The van der Waals surface area contributed by atoms with Crippen molar-refractivity contribution >= 4 is 35.5 Å². The Hall–Kier alpha value is -2.55. The van der Waals surface area contributed by atoms with E-state index in [9.17, 15) is 24.3 Å². The maximum Gasteiger partial charge on any atom is 0.326 e. The second-order valence-corrected chi connectivity index (χ2v) is 8.37. The van der Waals surface area contributed by atoms with Crippen molar-refractivity contribution in [2.24, 2.45) is 0 Å². The van der Waals surface area contributed by atoms with Gasteiger partial charge in [-0.1, -0.05) is 18.2 Å². The van der Waals surface area contributed by atoms with Crippen LogP contribution in [-0.2, 0) is 14.4 Å². The molecule has 0 aliphatic carbocycles. The van der Waals surface area contributed by atoms with Crippen molar-refractivity contribution in [1.29, 1.82) is 0 Å². The lowest BCUT2D eigenvalue weighted by atomic mass is 10.1. The molecule has 3 aliphatic heterocycles. The Balaban J connectivity index is 1.44. The average molecular weight is 403 g/mol. The maximum absolute atomic E-state index is 12.8. The summed E-state index contributed by atoms with van der Waals surface area (Å²) in [5.41, 5.74) is 1.53. The van der Waals surface area contributed by atoms with Crippen molar-refractivity contribution < 1.29 is 24.3 Å². The number of nitrogens with one attached hydrogen (secondary N) is 1. The summed E-state index contributed by atoms with van der Waals surface area (Å²) in [7, 11) is 0. The third-order valence-corrected chi connectivity index (χ3v) is 6.85. The molecule has 148 valence electrons. The van der Waals surface area contributed by atoms with Gasteiger partial charge in [0.15, 0.2) is 0 Å². The summed E-state index contributed by atoms with van der Waals surface area (Å²) in [6.45, 7) is 1.93. The molecule has 2 saturated heterocycles. The number of aliphatic carboxylic acids is 1. The molecule has 4 rings (SSSR count). The van der Waals surface area contributed by atoms with Gasteiger partial charge in [0, 0.05) is 17.9 Å². The van der Waals surface area contributed by atoms with Crippen molar-refractivity contribution in [3.8, 4) is 0 Å². The van der Waals surface area contributed by atoms with Gasteiger partial charge in [-0.05, 0) is 31.4 Å². The Morgan fingerprint density at radius 2 is 2.00 bits per heavy atom. The minimum absolute atomic E-state index is 0.171. The summed E-state index contributed by atoms with van der Waals surface area (Å²) >= 11 is 1.53. The monoisotopic (exact) mass is 403 g/mol. The number of fused-ring (bicyclic) bond motifs is 3. The molecule has 3 amide bonds. The van der Waals surface area contributed by atoms with Crippen LogP contribution in [-0.4, -0.2) is 69.0 Å². The second kappa shape index (κ2) is 7.12. The molecule has 28 heavy (non-hydrogen) atoms. The van der Waals surface area contributed by atoms with Gasteiger partial charge in [-0.3, -0.25) is 14.4 Å². The highest BCUT2D eigenvalue weighted by Gasteiger charge is 2.48. The SMILES string of the molecule is CC(NC(=O)C1CSC2c3ccccc3C(=O)N12)C(=O)N1CCCC1C(=O)O. The zero-order chi connectivity index (χ0) is 20.0. The number of carboxylic acids is 1. The molecule has 2 fully saturated rings. The van der Waals surface area contributed by atoms with Gasteiger partial charge in [-0.2, -0.15) is 0 Å². The van der Waals surface area contributed by atoms with Crippen LogP contribution in [0.3, 0.4) is 0 Å². The lowest BCUT2D eigenvalue weighted by molar-refractivity contribution is -0.149. The normalized spacial score (nSPS) is 26.8. The minimum atomic E-state index is -1.03. The summed E-state index contributed by atoms with van der Waals surface area (Å²) in [4.78, 5) is 52.4. The Labute approximate surface area is 166 Å². The lowest BCUT2D eigenvalue weighted by Crippen LogP contribution is -2.54. The number of carboxylic acid groups (broad SMARTS) is 1. The van der Waals surface area contributed by atoms with Gasteiger partial charge in [0.1, 0.15) is 23.5 Å². The highest BCUT2D eigenvalue weighted by molar-refractivity contribution is 7.99. The number of amides is 3. The van der Waals surface area contributed by atoms with Gasteiger partial charge in [0.05, 0.1) is 0 Å². The first-order valence-electron chi connectivity index (χ1n) is 9.27. The van der Waals surface area contributed by atoms with E-state index in [4.69, 9.17) is 0 Å². The molecule has 0 radical (unpaired) electrons. The van der Waals surface area contributed by atoms with E-state index in [1.807, 2.05) is 12.1 Å². The van der Waals surface area contributed by atoms with E-state index in [0.717, 1.165) is 5.56 Å². The van der Waals surface area contributed by atoms with Crippen LogP contribution in [0.5, 0.6) is 0 Å². The van der Waals surface area contributed by atoms with Gasteiger partial charge in [0.2, 0.25) is 11.8 Å². The van der Waals surface area contributed by atoms with Gasteiger partial charge in [-0.15, -0.1) is 11.8 Å². The second-order valence-electron chi connectivity index (χ2n) is 7.26. The third-order valence-electron chi connectivity index (χ3n) is 5.54. The number of carbonyl (C=O) groups excluding carboxylic acids is 3. The zero-order valence-corrected chi connectivity index (χ0v) is 16.1. The van der Waals surface area contributed by atoms with Crippen LogP contribution in [0.1, 0.15) is 41.1 Å². The standard InChI is InChI=1S/C19H21N3O5S/c1-10(16(24)21-8-4-7-13(21)19(26)27)20-15(23)14-9-28-18-12-6-3-2-5-11(12)17(25)22(14)18/h2-3,5-6,10,13-14,18H,4,7-9H2,1H3,(H,20,23)(H,26,27). The Morgan fingerprint density at radius 3 is 2.75 bits per heavy atom. The van der Waals surface area contributed by atoms with Crippen molar-refractivity contribution in [3.63, 3.8) is 0 Å². The fraction of sp³-hybridized carbons (Fsp3) is 0.474. The molecule has 4 unspecified atom stereocenters. The summed E-state index contributed by atoms with van der Waals surface area (Å²) in [6, 6.07) is 4.99. The molecule has 0 bridgehead atoms. The number of hydrogen-bond donors (Lipinski definition) is 2. The fourth-order valence-electron chi connectivity index (χ4n) is 4.15. The molecule has 8 nitrogen and oxygen atoms in total. The molecule has 0 saturated carbocycles. The predicted molar refractivity (Wildman–Crippen MR) is 102 cm³/mol. The summed E-state index contributed by atoms with van der Waals surface area (Å²) in [6.07, 6.45) is 1.05. The average Bonchev–Trinajstić information content (AvgIpc) is 3.38. The molecule has 0 spiro atoms. The van der Waals surface area contributed by atoms with Gasteiger partial charge in [0.25, 0.3) is 5.91 Å². The molecule has 1 aromatic rings. The summed E-state index contributed by atoms with van der Waals surface area (Å²) in [5.74, 6) is -1.53. The number of carbonyl (C=O) groups is 4. The van der Waals surface area contributed by atoms with Gasteiger partial charge < -0.3 is 20.2 Å². The largest absolute Gasteiger partial charge is 0.480 e. The highest BCUT2D eigenvalue weighted by Crippen LogP contribution is 2.48. The number of likely N-dealkylation sites (tertiary alicyclic amines) is 1. The van der Waals surface area contributed by atoms with E-state index >= 15 is 0 Å². The number of thioether (sulfide) groups is 1. The summed E-state index contributed by atoms with van der Waals surface area (Å²) < 4.78 is 0. The van der Waals surface area contributed by atoms with Gasteiger partial charge >= 0.3 is 5.97 Å². The third kappa shape index (κ3) is 2.94. The number of rotatable bonds is 4. The minimum Gasteiger partial charge on any atom is -0.480 e. The molecular weight excluding hydrogens is 382 g/mol. The topological polar surface area (TPSA) is 107 Å². The Morgan fingerprint density at radius 1 is 1.25 bits per heavy atom. The zero-order valence-electron chi connectivity index (χ0n) is 15.3. The summed E-state index contributed by atoms with van der Waals surface area (Å²) in [5, 5.41) is 11.8.